The Hall–Kier alpha value is -4.54. The van der Waals surface area contributed by atoms with Crippen molar-refractivity contribution >= 4 is 39.8 Å². The summed E-state index contributed by atoms with van der Waals surface area (Å²) >= 11 is 0. The number of carbonyl (C=O) groups is 2. The van der Waals surface area contributed by atoms with Gasteiger partial charge in [-0.25, -0.2) is 9.38 Å². The largest absolute Gasteiger partial charge is 0.494 e. The predicted octanol–water partition coefficient (Wildman–Crippen LogP) is 4.03. The van der Waals surface area contributed by atoms with Gasteiger partial charge >= 0.3 is 0 Å². The molecule has 0 saturated carbocycles. The van der Waals surface area contributed by atoms with E-state index < -0.39 is 5.82 Å². The highest BCUT2D eigenvalue weighted by atomic mass is 19.1. The van der Waals surface area contributed by atoms with E-state index in [9.17, 15) is 19.1 Å². The summed E-state index contributed by atoms with van der Waals surface area (Å²) in [5, 5.41) is 14.4. The van der Waals surface area contributed by atoms with Crippen molar-refractivity contribution in [2.75, 3.05) is 51.7 Å². The van der Waals surface area contributed by atoms with Gasteiger partial charge in [0.25, 0.3) is 0 Å². The first-order valence-electron chi connectivity index (χ1n) is 13.9. The zero-order chi connectivity index (χ0) is 29.8. The quantitative estimate of drug-likeness (QED) is 0.278. The number of likely N-dealkylation sites (N-methyl/N-ethyl adjacent to an activating group) is 2. The number of rotatable bonds is 8. The van der Waals surface area contributed by atoms with Crippen LogP contribution in [0, 0.1) is 5.82 Å². The van der Waals surface area contributed by atoms with Crippen molar-refractivity contribution in [1.29, 1.82) is 0 Å². The molecule has 1 saturated heterocycles. The summed E-state index contributed by atoms with van der Waals surface area (Å²) in [4.78, 5) is 38.3. The van der Waals surface area contributed by atoms with E-state index >= 15 is 0 Å². The molecule has 0 atom stereocenters. The molecule has 3 aromatic carbocycles. The van der Waals surface area contributed by atoms with E-state index in [1.54, 1.807) is 18.0 Å². The monoisotopic (exact) mass is 570 g/mol. The first kappa shape index (κ1) is 29.0. The zero-order valence-corrected chi connectivity index (χ0v) is 24.0. The van der Waals surface area contributed by atoms with Crippen molar-refractivity contribution in [3.8, 4) is 5.88 Å². The normalized spacial score (nSPS) is 14.7. The summed E-state index contributed by atoms with van der Waals surface area (Å²) in [5.41, 5.74) is 4.28. The average Bonchev–Trinajstić information content (AvgIpc) is 3.30. The van der Waals surface area contributed by atoms with Gasteiger partial charge in [0.15, 0.2) is 5.88 Å². The second-order valence-electron chi connectivity index (χ2n) is 10.7. The number of halogens is 1. The summed E-state index contributed by atoms with van der Waals surface area (Å²) in [6.07, 6.45) is 0. The molecule has 3 N–H and O–H groups in total. The molecular weight excluding hydrogens is 535 g/mol. The van der Waals surface area contributed by atoms with Crippen LogP contribution in [0.15, 0.2) is 71.7 Å². The summed E-state index contributed by atoms with van der Waals surface area (Å²) in [5.74, 6) is -0.679. The number of amides is 2. The molecule has 1 aromatic heterocycles. The third-order valence-electron chi connectivity index (χ3n) is 7.53. The Balaban J connectivity index is 1.47. The highest BCUT2D eigenvalue weighted by Gasteiger charge is 2.21. The fraction of sp³-hybridized carbons (Fsp3) is 0.281. The zero-order valence-electron chi connectivity index (χ0n) is 24.0. The van der Waals surface area contributed by atoms with E-state index in [2.05, 4.69) is 27.1 Å². The number of piperazine rings is 1. The van der Waals surface area contributed by atoms with Gasteiger partial charge in [-0.2, -0.15) is 0 Å². The number of aromatic nitrogens is 1. The van der Waals surface area contributed by atoms with E-state index in [-0.39, 0.29) is 17.7 Å². The third-order valence-corrected chi connectivity index (χ3v) is 7.53. The fourth-order valence-electron chi connectivity index (χ4n) is 5.04. The van der Waals surface area contributed by atoms with Crippen LogP contribution in [-0.4, -0.2) is 84.2 Å². The molecule has 10 heteroatoms. The van der Waals surface area contributed by atoms with Crippen LogP contribution >= 0.6 is 0 Å². The van der Waals surface area contributed by atoms with E-state index in [1.165, 1.54) is 19.1 Å². The van der Waals surface area contributed by atoms with Gasteiger partial charge < -0.3 is 25.2 Å². The molecule has 0 aliphatic carbocycles. The highest BCUT2D eigenvalue weighted by molar-refractivity contribution is 6.22. The van der Waals surface area contributed by atoms with Crippen LogP contribution in [0.4, 0.5) is 15.8 Å². The predicted molar refractivity (Wildman–Crippen MR) is 163 cm³/mol. The van der Waals surface area contributed by atoms with Crippen molar-refractivity contribution in [3.63, 3.8) is 0 Å². The number of aliphatic imine (C=N–C) groups is 1. The number of aromatic hydroxyl groups is 1. The molecule has 0 radical (unpaired) electrons. The molecule has 2 amide bonds. The van der Waals surface area contributed by atoms with Gasteiger partial charge in [-0.1, -0.05) is 18.2 Å². The molecular formula is C32H35FN6O3. The second kappa shape index (κ2) is 12.5. The van der Waals surface area contributed by atoms with Crippen LogP contribution in [0.5, 0.6) is 5.88 Å². The van der Waals surface area contributed by atoms with Crippen molar-refractivity contribution in [2.24, 2.45) is 4.99 Å². The van der Waals surface area contributed by atoms with Crippen LogP contribution in [0.25, 0.3) is 10.9 Å². The van der Waals surface area contributed by atoms with Gasteiger partial charge in [-0.3, -0.25) is 14.5 Å². The number of H-pyrrole nitrogens is 1. The molecule has 1 aliphatic heterocycles. The SMILES string of the molecule is CC(=O)NCc1cccc(C(=Nc2ccc(N(C)C(=O)CN3CCN(C)CC3)cc2)c2c(O)[nH]c3cc(F)ccc23)c1. The van der Waals surface area contributed by atoms with Gasteiger partial charge in [-0.05, 0) is 61.1 Å². The van der Waals surface area contributed by atoms with Crippen molar-refractivity contribution in [2.45, 2.75) is 13.5 Å². The molecule has 0 bridgehead atoms. The standard InChI is InChI=1S/C32H35FN6O3/c1-21(40)34-19-22-5-4-6-23(17-22)31(30-27-12-7-24(33)18-28(27)36-32(30)42)35-25-8-10-26(11-9-25)38(3)29(41)20-39-15-13-37(2)14-16-39/h4-12,17-18,36,42H,13-16,19-20H2,1-3H3,(H,34,40). The Bertz CT molecular complexity index is 1620. The maximum Gasteiger partial charge on any atom is 0.240 e. The van der Waals surface area contributed by atoms with E-state index in [0.29, 0.717) is 46.5 Å². The Labute approximate surface area is 244 Å². The molecule has 0 unspecified atom stereocenters. The van der Waals surface area contributed by atoms with Gasteiger partial charge in [0.05, 0.1) is 29.0 Å². The maximum absolute atomic E-state index is 14.0. The van der Waals surface area contributed by atoms with Gasteiger partial charge in [-0.15, -0.1) is 0 Å². The van der Waals surface area contributed by atoms with Gasteiger partial charge in [0.1, 0.15) is 5.82 Å². The molecule has 4 aromatic rings. The summed E-state index contributed by atoms with van der Waals surface area (Å²) in [6.45, 7) is 5.79. The van der Waals surface area contributed by atoms with E-state index in [0.717, 1.165) is 37.4 Å². The summed E-state index contributed by atoms with van der Waals surface area (Å²) < 4.78 is 14.0. The minimum absolute atomic E-state index is 0.0171. The molecule has 42 heavy (non-hydrogen) atoms. The smallest absolute Gasteiger partial charge is 0.240 e. The maximum atomic E-state index is 14.0. The average molecular weight is 571 g/mol. The lowest BCUT2D eigenvalue weighted by Crippen LogP contribution is -2.48. The number of fused-ring (bicyclic) bond motifs is 1. The molecule has 2 heterocycles. The van der Waals surface area contributed by atoms with Crippen LogP contribution < -0.4 is 10.2 Å². The number of hydrogen-bond donors (Lipinski definition) is 3. The second-order valence-corrected chi connectivity index (χ2v) is 10.7. The number of nitrogens with zero attached hydrogens (tertiary/aromatic N) is 4. The van der Waals surface area contributed by atoms with Crippen LogP contribution in [0.3, 0.4) is 0 Å². The number of benzene rings is 3. The first-order chi connectivity index (χ1) is 20.2. The molecule has 9 nitrogen and oxygen atoms in total. The lowest BCUT2D eigenvalue weighted by molar-refractivity contribution is -0.120. The minimum Gasteiger partial charge on any atom is -0.494 e. The summed E-state index contributed by atoms with van der Waals surface area (Å²) in [7, 11) is 3.86. The topological polar surface area (TPSA) is 104 Å². The minimum atomic E-state index is -0.423. The van der Waals surface area contributed by atoms with E-state index in [1.807, 2.05) is 48.5 Å². The lowest BCUT2D eigenvalue weighted by Gasteiger charge is -2.32. The van der Waals surface area contributed by atoms with Crippen LogP contribution in [0.1, 0.15) is 23.6 Å². The fourth-order valence-corrected chi connectivity index (χ4v) is 5.04. The molecule has 5 rings (SSSR count). The Morgan fingerprint density at radius 3 is 2.50 bits per heavy atom. The van der Waals surface area contributed by atoms with E-state index in [4.69, 9.17) is 4.99 Å². The number of anilines is 1. The number of aromatic amines is 1. The number of carbonyl (C=O) groups excluding carboxylic acids is 2. The van der Waals surface area contributed by atoms with Gasteiger partial charge in [0, 0.05) is 63.3 Å². The highest BCUT2D eigenvalue weighted by Crippen LogP contribution is 2.32. The molecule has 1 fully saturated rings. The van der Waals surface area contributed by atoms with Crippen LogP contribution in [-0.2, 0) is 16.1 Å². The lowest BCUT2D eigenvalue weighted by atomic mass is 9.99. The Morgan fingerprint density at radius 2 is 1.79 bits per heavy atom. The number of hydrogen-bond acceptors (Lipinski definition) is 6. The van der Waals surface area contributed by atoms with Gasteiger partial charge in [0.2, 0.25) is 11.8 Å². The third kappa shape index (κ3) is 6.67. The van der Waals surface area contributed by atoms with Crippen molar-refractivity contribution < 1.29 is 19.1 Å². The number of nitrogens with one attached hydrogen (secondary N) is 2. The molecule has 1 aliphatic rings. The first-order valence-corrected chi connectivity index (χ1v) is 13.9. The van der Waals surface area contributed by atoms with Crippen molar-refractivity contribution in [3.05, 3.63) is 89.2 Å². The molecule has 218 valence electrons. The van der Waals surface area contributed by atoms with Crippen molar-refractivity contribution in [1.82, 2.24) is 20.1 Å². The summed E-state index contributed by atoms with van der Waals surface area (Å²) in [6, 6.07) is 19.1. The van der Waals surface area contributed by atoms with Crippen LogP contribution in [0.2, 0.25) is 0 Å². The Morgan fingerprint density at radius 1 is 1.05 bits per heavy atom. The molecule has 0 spiro atoms. The Kier molecular flexibility index (Phi) is 8.65.